The molecular weight excluding hydrogens is 387 g/mol. The minimum absolute atomic E-state index is 0.0807. The van der Waals surface area contributed by atoms with Gasteiger partial charge in [-0.25, -0.2) is 4.39 Å². The molecule has 0 saturated carbocycles. The van der Waals surface area contributed by atoms with E-state index in [1.165, 1.54) is 18.2 Å². The number of nitrogens with one attached hydrogen (secondary N) is 1. The van der Waals surface area contributed by atoms with Crippen molar-refractivity contribution in [2.75, 3.05) is 6.54 Å². The molecule has 3 rings (SSSR count). The quantitative estimate of drug-likeness (QED) is 0.623. The highest BCUT2D eigenvalue weighted by Crippen LogP contribution is 2.17. The maximum atomic E-state index is 13.4. The molecule has 0 fully saturated rings. The van der Waals surface area contributed by atoms with E-state index >= 15 is 0 Å². The van der Waals surface area contributed by atoms with Crippen LogP contribution in [0.5, 0.6) is 5.75 Å². The summed E-state index contributed by atoms with van der Waals surface area (Å²) < 4.78 is 41.9. The van der Waals surface area contributed by atoms with Gasteiger partial charge in [0.05, 0.1) is 0 Å². The molecule has 0 atom stereocenters. The predicted molar refractivity (Wildman–Crippen MR) is 97.7 cm³/mol. The van der Waals surface area contributed by atoms with Crippen LogP contribution in [0.1, 0.15) is 11.1 Å². The van der Waals surface area contributed by atoms with Crippen LogP contribution in [-0.4, -0.2) is 39.3 Å². The number of hydrogen-bond donors (Lipinski definition) is 1. The first-order chi connectivity index (χ1) is 13.9. The third-order valence-corrected chi connectivity index (χ3v) is 4.04. The summed E-state index contributed by atoms with van der Waals surface area (Å²) in [5, 5.41) is 14.6. The molecule has 3 aromatic rings. The summed E-state index contributed by atoms with van der Waals surface area (Å²) in [5.41, 5.74) is 1.93. The number of carbonyl (C=O) groups excluding carboxylic acids is 1. The molecule has 29 heavy (non-hydrogen) atoms. The average Bonchev–Trinajstić information content (AvgIpc) is 3.13. The number of rotatable bonds is 8. The van der Waals surface area contributed by atoms with E-state index in [-0.39, 0.29) is 24.0 Å². The van der Waals surface area contributed by atoms with E-state index in [9.17, 15) is 18.0 Å². The SMILES string of the molecule is Cc1cc(-c2nnn(CC(=O)NCCc3ccc(OC(F)F)cc3)n2)ccc1F. The lowest BCUT2D eigenvalue weighted by Gasteiger charge is -2.07. The smallest absolute Gasteiger partial charge is 0.387 e. The zero-order chi connectivity index (χ0) is 20.8. The summed E-state index contributed by atoms with van der Waals surface area (Å²) in [5.74, 6) is -0.247. The van der Waals surface area contributed by atoms with Gasteiger partial charge in [-0.2, -0.15) is 13.6 Å². The van der Waals surface area contributed by atoms with E-state index < -0.39 is 6.61 Å². The van der Waals surface area contributed by atoms with E-state index in [4.69, 9.17) is 0 Å². The highest BCUT2D eigenvalue weighted by molar-refractivity contribution is 5.75. The standard InChI is InChI=1S/C19H18F3N5O2/c1-12-10-14(4-7-16(12)20)18-24-26-27(25-18)11-17(28)23-9-8-13-2-5-15(6-3-13)29-19(21)22/h2-7,10,19H,8-9,11H2,1H3,(H,23,28). The summed E-state index contributed by atoms with van der Waals surface area (Å²) >= 11 is 0. The van der Waals surface area contributed by atoms with Gasteiger partial charge in [0.25, 0.3) is 0 Å². The van der Waals surface area contributed by atoms with Crippen molar-refractivity contribution in [3.05, 3.63) is 59.4 Å². The Kier molecular flexibility index (Phi) is 6.43. The number of aryl methyl sites for hydroxylation is 1. The van der Waals surface area contributed by atoms with Crippen molar-refractivity contribution in [1.82, 2.24) is 25.5 Å². The maximum Gasteiger partial charge on any atom is 0.387 e. The van der Waals surface area contributed by atoms with E-state index in [2.05, 4.69) is 25.5 Å². The van der Waals surface area contributed by atoms with Crippen molar-refractivity contribution in [3.63, 3.8) is 0 Å². The Labute approximate surface area is 164 Å². The van der Waals surface area contributed by atoms with Gasteiger partial charge in [-0.05, 0) is 60.0 Å². The zero-order valence-electron chi connectivity index (χ0n) is 15.5. The van der Waals surface area contributed by atoms with Gasteiger partial charge in [0.2, 0.25) is 11.7 Å². The van der Waals surface area contributed by atoms with E-state index in [1.54, 1.807) is 31.2 Å². The molecule has 1 N–H and O–H groups in total. The molecule has 1 aromatic heterocycles. The molecule has 7 nitrogen and oxygen atoms in total. The molecule has 1 heterocycles. The van der Waals surface area contributed by atoms with Crippen molar-refractivity contribution < 1.29 is 22.7 Å². The third kappa shape index (κ3) is 5.77. The molecule has 0 bridgehead atoms. The normalized spacial score (nSPS) is 10.9. The monoisotopic (exact) mass is 405 g/mol. The number of tetrazole rings is 1. The second-order valence-corrected chi connectivity index (χ2v) is 6.23. The van der Waals surface area contributed by atoms with Crippen LogP contribution in [0.2, 0.25) is 0 Å². The van der Waals surface area contributed by atoms with Crippen molar-refractivity contribution in [1.29, 1.82) is 0 Å². The second-order valence-electron chi connectivity index (χ2n) is 6.23. The molecular formula is C19H18F3N5O2. The zero-order valence-corrected chi connectivity index (χ0v) is 15.5. The van der Waals surface area contributed by atoms with Crippen LogP contribution in [0, 0.1) is 12.7 Å². The van der Waals surface area contributed by atoms with Gasteiger partial charge < -0.3 is 10.1 Å². The van der Waals surface area contributed by atoms with Crippen LogP contribution in [0.15, 0.2) is 42.5 Å². The Hall–Kier alpha value is -3.43. The number of halogens is 3. The van der Waals surface area contributed by atoms with Crippen molar-refractivity contribution in [2.24, 2.45) is 0 Å². The Balaban J connectivity index is 1.47. The van der Waals surface area contributed by atoms with Gasteiger partial charge in [0.15, 0.2) is 0 Å². The number of benzene rings is 2. The van der Waals surface area contributed by atoms with Crippen molar-refractivity contribution in [2.45, 2.75) is 26.5 Å². The Morgan fingerprint density at radius 1 is 1.21 bits per heavy atom. The minimum Gasteiger partial charge on any atom is -0.435 e. The number of ether oxygens (including phenoxy) is 1. The minimum atomic E-state index is -2.86. The topological polar surface area (TPSA) is 81.9 Å². The summed E-state index contributed by atoms with van der Waals surface area (Å²) in [6.07, 6.45) is 0.519. The Bertz CT molecular complexity index is 976. The first-order valence-corrected chi connectivity index (χ1v) is 8.75. The number of hydrogen-bond acceptors (Lipinski definition) is 5. The van der Waals surface area contributed by atoms with Crippen LogP contribution >= 0.6 is 0 Å². The summed E-state index contributed by atoms with van der Waals surface area (Å²) in [4.78, 5) is 13.2. The van der Waals surface area contributed by atoms with Gasteiger partial charge in [0.1, 0.15) is 18.1 Å². The maximum absolute atomic E-state index is 13.4. The number of aromatic nitrogens is 4. The molecule has 0 spiro atoms. The molecule has 0 aliphatic heterocycles. The molecule has 0 aliphatic carbocycles. The summed E-state index contributed by atoms with van der Waals surface area (Å²) in [6, 6.07) is 10.7. The van der Waals surface area contributed by atoms with Gasteiger partial charge in [-0.15, -0.1) is 10.2 Å². The van der Waals surface area contributed by atoms with Crippen LogP contribution in [0.4, 0.5) is 13.2 Å². The molecule has 0 saturated heterocycles. The summed E-state index contributed by atoms with van der Waals surface area (Å²) in [6.45, 7) is -0.991. The fraction of sp³-hybridized carbons (Fsp3) is 0.263. The first kappa shape index (κ1) is 20.3. The highest BCUT2D eigenvalue weighted by Gasteiger charge is 2.10. The van der Waals surface area contributed by atoms with Gasteiger partial charge >= 0.3 is 6.61 Å². The Morgan fingerprint density at radius 3 is 2.66 bits per heavy atom. The molecule has 0 aliphatic rings. The molecule has 152 valence electrons. The summed E-state index contributed by atoms with van der Waals surface area (Å²) in [7, 11) is 0. The van der Waals surface area contributed by atoms with Gasteiger partial charge in [-0.1, -0.05) is 12.1 Å². The lowest BCUT2D eigenvalue weighted by molar-refractivity contribution is -0.122. The third-order valence-electron chi connectivity index (χ3n) is 4.04. The van der Waals surface area contributed by atoms with Crippen LogP contribution in [-0.2, 0) is 17.8 Å². The number of alkyl halides is 2. The number of carbonyl (C=O) groups is 1. The van der Waals surface area contributed by atoms with Crippen LogP contribution < -0.4 is 10.1 Å². The molecule has 0 unspecified atom stereocenters. The lowest BCUT2D eigenvalue weighted by atomic mass is 10.1. The van der Waals surface area contributed by atoms with Gasteiger partial charge in [-0.3, -0.25) is 4.79 Å². The largest absolute Gasteiger partial charge is 0.435 e. The molecule has 1 amide bonds. The van der Waals surface area contributed by atoms with E-state index in [0.29, 0.717) is 29.9 Å². The number of amides is 1. The molecule has 0 radical (unpaired) electrons. The molecule has 10 heteroatoms. The van der Waals surface area contributed by atoms with Crippen molar-refractivity contribution >= 4 is 5.91 Å². The van der Waals surface area contributed by atoms with Gasteiger partial charge in [0, 0.05) is 12.1 Å². The average molecular weight is 405 g/mol. The highest BCUT2D eigenvalue weighted by atomic mass is 19.3. The predicted octanol–water partition coefficient (Wildman–Crippen LogP) is 2.75. The van der Waals surface area contributed by atoms with Crippen LogP contribution in [0.25, 0.3) is 11.4 Å². The lowest BCUT2D eigenvalue weighted by Crippen LogP contribution is -2.30. The van der Waals surface area contributed by atoms with Crippen LogP contribution in [0.3, 0.4) is 0 Å². The van der Waals surface area contributed by atoms with E-state index in [1.807, 2.05) is 0 Å². The number of nitrogens with zero attached hydrogens (tertiary/aromatic N) is 4. The Morgan fingerprint density at radius 2 is 1.97 bits per heavy atom. The van der Waals surface area contributed by atoms with Crippen molar-refractivity contribution in [3.8, 4) is 17.1 Å². The fourth-order valence-corrected chi connectivity index (χ4v) is 2.58. The van der Waals surface area contributed by atoms with E-state index in [0.717, 1.165) is 10.4 Å². The fourth-order valence-electron chi connectivity index (χ4n) is 2.58. The molecule has 2 aromatic carbocycles. The second kappa shape index (κ2) is 9.18. The first-order valence-electron chi connectivity index (χ1n) is 8.75.